The van der Waals surface area contributed by atoms with Crippen molar-refractivity contribution in [3.05, 3.63) is 64.7 Å². The van der Waals surface area contributed by atoms with E-state index >= 15 is 0 Å². The number of nitrogens with one attached hydrogen (secondary N) is 1. The lowest BCUT2D eigenvalue weighted by molar-refractivity contribution is -0.120. The highest BCUT2D eigenvalue weighted by Crippen LogP contribution is 2.19. The quantitative estimate of drug-likeness (QED) is 0.742. The number of halogens is 1. The summed E-state index contributed by atoms with van der Waals surface area (Å²) in [6.45, 7) is 3.28. The number of hydrogen-bond donors (Lipinski definition) is 1. The summed E-state index contributed by atoms with van der Waals surface area (Å²) in [4.78, 5) is 12.0. The summed E-state index contributed by atoms with van der Waals surface area (Å²) < 4.78 is 5.61. The van der Waals surface area contributed by atoms with Gasteiger partial charge in [0.2, 0.25) is 5.91 Å². The van der Waals surface area contributed by atoms with Crippen molar-refractivity contribution in [3.63, 3.8) is 0 Å². The summed E-state index contributed by atoms with van der Waals surface area (Å²) in [6.07, 6.45) is 2.07. The lowest BCUT2D eigenvalue weighted by Gasteiger charge is -2.10. The van der Waals surface area contributed by atoms with E-state index in [4.69, 9.17) is 16.3 Å². The molecule has 23 heavy (non-hydrogen) atoms. The summed E-state index contributed by atoms with van der Waals surface area (Å²) in [7, 11) is 0. The Kier molecular flexibility index (Phi) is 6.95. The molecule has 2 aromatic rings. The fourth-order valence-corrected chi connectivity index (χ4v) is 2.59. The predicted octanol–water partition coefficient (Wildman–Crippen LogP) is 4.03. The van der Waals surface area contributed by atoms with Gasteiger partial charge < -0.3 is 10.1 Å². The van der Waals surface area contributed by atoms with E-state index in [9.17, 15) is 4.79 Å². The maximum absolute atomic E-state index is 12.0. The number of carbonyl (C=O) groups excluding carboxylic acids is 1. The Balaban J connectivity index is 1.75. The van der Waals surface area contributed by atoms with Gasteiger partial charge in [-0.1, -0.05) is 48.0 Å². The molecule has 0 aliphatic carbocycles. The number of rotatable bonds is 8. The molecule has 122 valence electrons. The van der Waals surface area contributed by atoms with Crippen molar-refractivity contribution in [1.29, 1.82) is 0 Å². The van der Waals surface area contributed by atoms with Gasteiger partial charge in [0, 0.05) is 11.6 Å². The normalized spacial score (nSPS) is 10.3. The van der Waals surface area contributed by atoms with Crippen LogP contribution in [0.3, 0.4) is 0 Å². The molecule has 0 bridgehead atoms. The number of hydrogen-bond acceptors (Lipinski definition) is 2. The van der Waals surface area contributed by atoms with Crippen molar-refractivity contribution in [1.82, 2.24) is 5.32 Å². The van der Waals surface area contributed by atoms with Crippen LogP contribution >= 0.6 is 11.6 Å². The first kappa shape index (κ1) is 17.4. The van der Waals surface area contributed by atoms with E-state index in [-0.39, 0.29) is 5.91 Å². The zero-order valence-corrected chi connectivity index (χ0v) is 14.1. The van der Waals surface area contributed by atoms with Crippen molar-refractivity contribution in [2.45, 2.75) is 26.2 Å². The van der Waals surface area contributed by atoms with Crippen molar-refractivity contribution in [2.24, 2.45) is 0 Å². The van der Waals surface area contributed by atoms with Gasteiger partial charge in [-0.2, -0.15) is 0 Å². The summed E-state index contributed by atoms with van der Waals surface area (Å²) in [5.41, 5.74) is 2.03. The van der Waals surface area contributed by atoms with Gasteiger partial charge in [-0.3, -0.25) is 4.79 Å². The third kappa shape index (κ3) is 5.61. The summed E-state index contributed by atoms with van der Waals surface area (Å²) >= 11 is 6.06. The average Bonchev–Trinajstić information content (AvgIpc) is 2.55. The predicted molar refractivity (Wildman–Crippen MR) is 94.1 cm³/mol. The lowest BCUT2D eigenvalue weighted by Crippen LogP contribution is -2.26. The van der Waals surface area contributed by atoms with Crippen molar-refractivity contribution >= 4 is 17.5 Å². The van der Waals surface area contributed by atoms with Gasteiger partial charge in [0.05, 0.1) is 13.0 Å². The maximum Gasteiger partial charge on any atom is 0.224 e. The zero-order valence-electron chi connectivity index (χ0n) is 13.3. The fourth-order valence-electron chi connectivity index (χ4n) is 2.39. The van der Waals surface area contributed by atoms with Gasteiger partial charge in [0.25, 0.3) is 0 Å². The number of aryl methyl sites for hydroxylation is 1. The molecule has 0 radical (unpaired) electrons. The van der Waals surface area contributed by atoms with Crippen LogP contribution in [0, 0.1) is 0 Å². The average molecular weight is 332 g/mol. The Morgan fingerprint density at radius 2 is 1.78 bits per heavy atom. The molecule has 0 aromatic heterocycles. The molecule has 0 unspecified atom stereocenters. The molecule has 0 heterocycles. The smallest absolute Gasteiger partial charge is 0.224 e. The van der Waals surface area contributed by atoms with Gasteiger partial charge in [-0.25, -0.2) is 0 Å². The van der Waals surface area contributed by atoms with E-state index in [1.807, 2.05) is 43.3 Å². The molecule has 1 amide bonds. The molecule has 0 fully saturated rings. The largest absolute Gasteiger partial charge is 0.494 e. The monoisotopic (exact) mass is 331 g/mol. The van der Waals surface area contributed by atoms with Crippen LogP contribution in [0.25, 0.3) is 0 Å². The zero-order chi connectivity index (χ0) is 16.5. The molecule has 3 nitrogen and oxygen atoms in total. The van der Waals surface area contributed by atoms with E-state index in [2.05, 4.69) is 11.4 Å². The van der Waals surface area contributed by atoms with Crippen LogP contribution in [0.1, 0.15) is 24.5 Å². The van der Waals surface area contributed by atoms with Gasteiger partial charge in [-0.15, -0.1) is 0 Å². The molecule has 0 aliphatic rings. The first-order valence-corrected chi connectivity index (χ1v) is 8.29. The molecule has 0 spiro atoms. The minimum atomic E-state index is -0.00352. The van der Waals surface area contributed by atoms with E-state index in [1.165, 1.54) is 5.56 Å². The fraction of sp³-hybridized carbons (Fsp3) is 0.316. The van der Waals surface area contributed by atoms with Crippen LogP contribution in [-0.2, 0) is 17.6 Å². The molecule has 4 heteroatoms. The molecule has 1 N–H and O–H groups in total. The number of benzene rings is 2. The molecule has 0 aliphatic heterocycles. The first-order chi connectivity index (χ1) is 11.2. The molecule has 0 saturated carbocycles. The molecule has 2 rings (SSSR count). The molecule has 0 atom stereocenters. The van der Waals surface area contributed by atoms with Gasteiger partial charge >= 0.3 is 0 Å². The minimum Gasteiger partial charge on any atom is -0.494 e. The second kappa shape index (κ2) is 9.21. The molecule has 2 aromatic carbocycles. The second-order valence-corrected chi connectivity index (χ2v) is 5.67. The number of carbonyl (C=O) groups is 1. The summed E-state index contributed by atoms with van der Waals surface area (Å²) in [6, 6.07) is 15.5. The minimum absolute atomic E-state index is 0.00352. The Hall–Kier alpha value is -2.00. The number of ether oxygens (including phenoxy) is 1. The highest BCUT2D eigenvalue weighted by Gasteiger charge is 2.06. The molecular weight excluding hydrogens is 310 g/mol. The SMILES string of the molecule is CCOc1ccccc1CCCNC(=O)Cc1ccccc1Cl. The topological polar surface area (TPSA) is 38.3 Å². The highest BCUT2D eigenvalue weighted by atomic mass is 35.5. The van der Waals surface area contributed by atoms with E-state index in [1.54, 1.807) is 6.07 Å². The third-order valence-corrected chi connectivity index (χ3v) is 3.90. The maximum atomic E-state index is 12.0. The van der Waals surface area contributed by atoms with Crippen LogP contribution in [0.5, 0.6) is 5.75 Å². The van der Waals surface area contributed by atoms with E-state index < -0.39 is 0 Å². The summed E-state index contributed by atoms with van der Waals surface area (Å²) in [5.74, 6) is 0.925. The van der Waals surface area contributed by atoms with Crippen LogP contribution in [0.4, 0.5) is 0 Å². The van der Waals surface area contributed by atoms with Crippen LogP contribution in [0.2, 0.25) is 5.02 Å². The number of para-hydroxylation sites is 1. The van der Waals surface area contributed by atoms with E-state index in [0.29, 0.717) is 24.6 Å². The Labute approximate surface area is 142 Å². The standard InChI is InChI=1S/C19H22ClNO2/c1-2-23-18-12-6-4-8-15(18)10-7-13-21-19(22)14-16-9-3-5-11-17(16)20/h3-6,8-9,11-12H,2,7,10,13-14H2,1H3,(H,21,22). The van der Waals surface area contributed by atoms with Crippen molar-refractivity contribution in [2.75, 3.05) is 13.2 Å². The van der Waals surface area contributed by atoms with Crippen LogP contribution in [-0.4, -0.2) is 19.1 Å². The van der Waals surface area contributed by atoms with Gasteiger partial charge in [0.1, 0.15) is 5.75 Å². The van der Waals surface area contributed by atoms with Gasteiger partial charge in [-0.05, 0) is 43.0 Å². The highest BCUT2D eigenvalue weighted by molar-refractivity contribution is 6.31. The second-order valence-electron chi connectivity index (χ2n) is 5.26. The Morgan fingerprint density at radius 1 is 1.09 bits per heavy atom. The molecule has 0 saturated heterocycles. The van der Waals surface area contributed by atoms with Gasteiger partial charge in [0.15, 0.2) is 0 Å². The third-order valence-electron chi connectivity index (χ3n) is 3.53. The summed E-state index contributed by atoms with van der Waals surface area (Å²) in [5, 5.41) is 3.57. The lowest BCUT2D eigenvalue weighted by atomic mass is 10.1. The number of amides is 1. The Bertz CT molecular complexity index is 643. The van der Waals surface area contributed by atoms with Crippen LogP contribution < -0.4 is 10.1 Å². The van der Waals surface area contributed by atoms with E-state index in [0.717, 1.165) is 24.2 Å². The van der Waals surface area contributed by atoms with Crippen molar-refractivity contribution < 1.29 is 9.53 Å². The van der Waals surface area contributed by atoms with Crippen LogP contribution in [0.15, 0.2) is 48.5 Å². The molecular formula is C19H22ClNO2. The first-order valence-electron chi connectivity index (χ1n) is 7.91. The van der Waals surface area contributed by atoms with Crippen molar-refractivity contribution in [3.8, 4) is 5.75 Å². The Morgan fingerprint density at radius 3 is 2.52 bits per heavy atom.